The Morgan fingerprint density at radius 3 is 2.46 bits per heavy atom. The molecule has 19 heteroatoms. The van der Waals surface area contributed by atoms with Crippen LogP contribution in [0.25, 0.3) is 0 Å². The van der Waals surface area contributed by atoms with Crippen molar-refractivity contribution < 1.29 is 56.6 Å². The van der Waals surface area contributed by atoms with Gasteiger partial charge in [-0.1, -0.05) is 16.9 Å². The molecule has 0 aliphatic carbocycles. The van der Waals surface area contributed by atoms with E-state index in [1.807, 2.05) is 0 Å². The third-order valence-corrected chi connectivity index (χ3v) is 6.69. The molecule has 2 unspecified atom stereocenters. The molecule has 1 saturated heterocycles. The quantitative estimate of drug-likeness (QED) is 0.248. The molecule has 0 radical (unpaired) electrons. The lowest BCUT2D eigenvalue weighted by atomic mass is 10.1. The maximum Gasteiger partial charge on any atom is 0.413 e. The Morgan fingerprint density at radius 2 is 1.87 bits per heavy atom. The number of halogens is 2. The van der Waals surface area contributed by atoms with Gasteiger partial charge < -0.3 is 33.7 Å². The van der Waals surface area contributed by atoms with Crippen LogP contribution in [-0.4, -0.2) is 89.5 Å². The number of hydrogen-bond donors (Lipinski definition) is 1. The minimum atomic E-state index is -4.00. The zero-order chi connectivity index (χ0) is 34.4. The lowest BCUT2D eigenvalue weighted by Gasteiger charge is -2.25. The first-order chi connectivity index (χ1) is 21.4. The highest BCUT2D eigenvalue weighted by Crippen LogP contribution is 2.44. The third-order valence-electron chi connectivity index (χ3n) is 5.80. The van der Waals surface area contributed by atoms with Crippen molar-refractivity contribution >= 4 is 32.0 Å². The maximum absolute atomic E-state index is 15.9. The van der Waals surface area contributed by atoms with Crippen LogP contribution in [0, 0.1) is 0 Å². The lowest BCUT2D eigenvalue weighted by Crippen LogP contribution is -2.46. The third kappa shape index (κ3) is 9.87. The van der Waals surface area contributed by atoms with Crippen LogP contribution in [0.3, 0.4) is 0 Å². The molecule has 1 fully saturated rings. The zero-order valence-electron chi connectivity index (χ0n) is 25.7. The maximum atomic E-state index is 15.9. The first kappa shape index (κ1) is 36.2. The fourth-order valence-electron chi connectivity index (χ4n) is 3.87. The van der Waals surface area contributed by atoms with Crippen molar-refractivity contribution in [2.75, 3.05) is 32.6 Å². The number of para-hydroxylation sites is 2. The summed E-state index contributed by atoms with van der Waals surface area (Å²) in [5, 5.41) is 13.1. The number of ether oxygens (including phenoxy) is 4. The van der Waals surface area contributed by atoms with Gasteiger partial charge in [0.1, 0.15) is 30.2 Å². The predicted octanol–water partition coefficient (Wildman–Crippen LogP) is 1.05. The Kier molecular flexibility index (Phi) is 11.7. The van der Waals surface area contributed by atoms with Crippen LogP contribution in [0.5, 0.6) is 11.5 Å². The van der Waals surface area contributed by atoms with Gasteiger partial charge in [-0.05, 0) is 60.0 Å². The summed E-state index contributed by atoms with van der Waals surface area (Å²) in [5.74, 6) is -7.16. The highest BCUT2D eigenvalue weighted by atomic mass is 31.1. The molecule has 1 aromatic carbocycles. The number of aromatic nitrogens is 2. The predicted molar refractivity (Wildman–Crippen MR) is 152 cm³/mol. The Hall–Kier alpha value is -4.25. The van der Waals surface area contributed by atoms with Gasteiger partial charge in [-0.15, -0.1) is 0 Å². The second kappa shape index (κ2) is 14.9. The van der Waals surface area contributed by atoms with E-state index in [-0.39, 0.29) is 23.9 Å². The number of alkyl halides is 2. The number of likely N-dealkylation sites (N-methyl/N-ethyl adjacent to an activating group) is 1. The molecule has 1 N–H and O–H groups in total. The van der Waals surface area contributed by atoms with Gasteiger partial charge in [0.25, 0.3) is 0 Å². The molecule has 3 rings (SSSR count). The van der Waals surface area contributed by atoms with Gasteiger partial charge in [0, 0.05) is 6.20 Å². The summed E-state index contributed by atoms with van der Waals surface area (Å²) in [6, 6.07) is 5.22. The van der Waals surface area contributed by atoms with Crippen molar-refractivity contribution in [2.24, 2.45) is 4.74 Å². The number of rotatable bonds is 12. The molecular weight excluding hydrogens is 639 g/mol. The Morgan fingerprint density at radius 1 is 1.22 bits per heavy atom. The number of anilines is 1. The molecule has 46 heavy (non-hydrogen) atoms. The first-order valence-corrected chi connectivity index (χ1v) is 14.8. The van der Waals surface area contributed by atoms with Crippen molar-refractivity contribution in [1.29, 1.82) is 0 Å². The van der Waals surface area contributed by atoms with Gasteiger partial charge in [0.05, 0.1) is 12.5 Å². The number of amides is 1. The van der Waals surface area contributed by atoms with E-state index in [9.17, 15) is 29.2 Å². The summed E-state index contributed by atoms with van der Waals surface area (Å²) < 4.78 is 62.2. The van der Waals surface area contributed by atoms with Gasteiger partial charge in [-0.3, -0.25) is 24.1 Å². The van der Waals surface area contributed by atoms with E-state index in [4.69, 9.17) is 23.5 Å². The normalized spacial score (nSPS) is 20.1. The van der Waals surface area contributed by atoms with Crippen LogP contribution in [0.15, 0.2) is 46.1 Å². The molecule has 0 saturated carbocycles. The number of aliphatic carboxylic acids is 1. The molecule has 252 valence electrons. The summed E-state index contributed by atoms with van der Waals surface area (Å²) in [5.41, 5.74) is -2.08. The first-order valence-electron chi connectivity index (χ1n) is 13.6. The van der Waals surface area contributed by atoms with E-state index in [2.05, 4.69) is 15.0 Å². The number of carboxylic acids is 1. The van der Waals surface area contributed by atoms with E-state index in [0.29, 0.717) is 4.57 Å². The van der Waals surface area contributed by atoms with E-state index in [0.717, 1.165) is 19.2 Å². The number of esters is 1. The van der Waals surface area contributed by atoms with Crippen LogP contribution < -0.4 is 30.3 Å². The Bertz CT molecular complexity index is 1520. The molecule has 5 atom stereocenters. The minimum Gasteiger partial charge on any atom is -0.575 e. The van der Waals surface area contributed by atoms with Crippen molar-refractivity contribution in [3.8, 4) is 11.5 Å². The van der Waals surface area contributed by atoms with E-state index < -0.39 is 74.5 Å². The summed E-state index contributed by atoms with van der Waals surface area (Å²) in [6.45, 7) is 4.94. The number of hydrogen-bond acceptors (Lipinski definition) is 14. The second-order valence-electron chi connectivity index (χ2n) is 11.2. The van der Waals surface area contributed by atoms with Gasteiger partial charge in [-0.25, -0.2) is 9.59 Å². The van der Waals surface area contributed by atoms with Crippen molar-refractivity contribution in [3.05, 3.63) is 47.0 Å². The van der Waals surface area contributed by atoms with E-state index in [1.165, 1.54) is 43.3 Å². The number of carbonyl (C=O) groups is 3. The number of benzene rings is 1. The summed E-state index contributed by atoms with van der Waals surface area (Å²) in [4.78, 5) is 65.4. The van der Waals surface area contributed by atoms with Crippen molar-refractivity contribution in [1.82, 2.24) is 14.5 Å². The van der Waals surface area contributed by atoms with Crippen molar-refractivity contribution in [2.45, 2.75) is 63.7 Å². The highest BCUT2D eigenvalue weighted by Gasteiger charge is 2.62. The lowest BCUT2D eigenvalue weighted by molar-refractivity contribution is -0.307. The summed E-state index contributed by atoms with van der Waals surface area (Å²) >= 11 is 0. The van der Waals surface area contributed by atoms with Crippen molar-refractivity contribution in [3.63, 3.8) is 0 Å². The number of nitrogens with zero attached hydrogens (tertiary/aromatic N) is 4. The van der Waals surface area contributed by atoms with Crippen LogP contribution in [-0.2, 0) is 23.8 Å². The van der Waals surface area contributed by atoms with Gasteiger partial charge in [0.2, 0.25) is 12.0 Å². The minimum absolute atomic E-state index is 0.118. The summed E-state index contributed by atoms with van der Waals surface area (Å²) in [6.07, 6.45) is -6.25. The highest BCUT2D eigenvalue weighted by molar-refractivity contribution is 7.34. The van der Waals surface area contributed by atoms with Gasteiger partial charge >= 0.3 is 31.8 Å². The molecule has 0 spiro atoms. The largest absolute Gasteiger partial charge is 0.575 e. The van der Waals surface area contributed by atoms with Gasteiger partial charge in [0.15, 0.2) is 11.9 Å². The van der Waals surface area contributed by atoms with Crippen LogP contribution in [0.4, 0.5) is 19.4 Å². The zero-order valence-corrected chi connectivity index (χ0v) is 26.6. The Labute approximate surface area is 262 Å². The monoisotopic (exact) mass is 672 g/mol. The molecule has 2 aromatic rings. The van der Waals surface area contributed by atoms with Crippen LogP contribution >= 0.6 is 8.17 Å². The molecule has 1 aliphatic rings. The fourth-order valence-corrected chi connectivity index (χ4v) is 4.61. The van der Waals surface area contributed by atoms with E-state index in [1.54, 1.807) is 20.8 Å². The number of nitrogens with one attached hydrogen (secondary N) is 1. The number of carbonyl (C=O) groups excluding carboxylic acids is 3. The molecular formula is C27H33F2N5O11P-. The topological polar surface area (TPSA) is 206 Å². The number of carboxylic acid groups (broad SMARTS) is 1. The fraction of sp³-hybridized carbons (Fsp3) is 0.519. The van der Waals surface area contributed by atoms with Gasteiger partial charge in [-0.2, -0.15) is 13.8 Å². The average Bonchev–Trinajstić information content (AvgIpc) is 3.15. The smallest absolute Gasteiger partial charge is 0.413 e. The SMILES string of the molecule is CC(N=[P+]([O-])Oc1ccccc1OC[C@H]1O[C@@H](n2ccc(NC(=O)OC(C)(C)C)nc2=O)C(F)(F)[C@@H]1OC(=O)CN(C)C)C(=O)[O-]. The average molecular weight is 673 g/mol. The standard InChI is InChI=1S/C27H34F2N5O11P/c1-15(22(36)37)32-46(40)45-17-10-8-7-9-16(17)41-14-18-21(43-20(35)13-33(5)6)27(28,29)23(42-18)34-12-11-19(30-24(34)38)31-25(39)44-26(2,3)4/h7-12,15,18,21,23H,13-14H2,1-6H3,(H,36,37)(H,30,31,38,39)/p-1/t15?,18-,21-,23-/m1/s1. The molecule has 1 aliphatic heterocycles. The van der Waals surface area contributed by atoms with Crippen LogP contribution in [0.1, 0.15) is 33.9 Å². The molecule has 0 bridgehead atoms. The molecule has 16 nitrogen and oxygen atoms in total. The molecule has 1 amide bonds. The summed E-state index contributed by atoms with van der Waals surface area (Å²) in [7, 11) is 0.146. The Balaban J connectivity index is 1.87. The van der Waals surface area contributed by atoms with Crippen LogP contribution in [0.2, 0.25) is 0 Å². The second-order valence-corrected chi connectivity index (χ2v) is 12.1. The molecule has 1 aromatic heterocycles. The molecule has 2 heterocycles. The van der Waals surface area contributed by atoms with E-state index >= 15 is 8.78 Å².